The van der Waals surface area contributed by atoms with Gasteiger partial charge in [-0.05, 0) is 162 Å². The van der Waals surface area contributed by atoms with Gasteiger partial charge in [-0.15, -0.1) is 0 Å². The van der Waals surface area contributed by atoms with Gasteiger partial charge >= 0.3 is 0 Å². The summed E-state index contributed by atoms with van der Waals surface area (Å²) in [6.07, 6.45) is 8.58. The minimum absolute atomic E-state index is 0.359. The monoisotopic (exact) mass is 1340 g/mol. The number of rotatable bonds is 4. The molecule has 0 saturated carbocycles. The van der Waals surface area contributed by atoms with E-state index in [-0.39, 0.29) is 0 Å². The lowest BCUT2D eigenvalue weighted by atomic mass is 10.0. The average molecular weight is 1340 g/mol. The molecule has 12 aromatic carbocycles. The predicted molar refractivity (Wildman–Crippen MR) is 425 cm³/mol. The fourth-order valence-electron chi connectivity index (χ4n) is 15.5. The Labute approximate surface area is 601 Å². The maximum atomic E-state index is 7.65. The van der Waals surface area contributed by atoms with E-state index in [1.165, 1.54) is 115 Å². The minimum atomic E-state index is -2.10. The molecule has 0 amide bonds. The van der Waals surface area contributed by atoms with Crippen LogP contribution in [0, 0.1) is 48.4 Å². The molecule has 103 heavy (non-hydrogen) atoms. The highest BCUT2D eigenvalue weighted by atomic mass is 16.3. The number of hydrogen-bond donors (Lipinski definition) is 0. The molecule has 0 aliphatic heterocycles. The quantitative estimate of drug-likeness (QED) is 0.165. The van der Waals surface area contributed by atoms with Gasteiger partial charge in [0.1, 0.15) is 67.3 Å². The Balaban J connectivity index is 0.000000104. The Morgan fingerprint density at radius 1 is 0.233 bits per heavy atom. The molecular formula is C95H78N4O4+4. The lowest BCUT2D eigenvalue weighted by molar-refractivity contribution is -0.659. The van der Waals surface area contributed by atoms with Crippen LogP contribution in [0.5, 0.6) is 0 Å². The third-order valence-corrected chi connectivity index (χ3v) is 20.7. The number of benzene rings is 12. The largest absolute Gasteiger partial charge is 0.456 e. The number of aryl methyl sites for hydroxylation is 11. The zero-order valence-corrected chi connectivity index (χ0v) is 59.4. The lowest BCUT2D eigenvalue weighted by Gasteiger charge is -2.05. The summed E-state index contributed by atoms with van der Waals surface area (Å²) >= 11 is 0. The van der Waals surface area contributed by atoms with Crippen LogP contribution in [-0.4, -0.2) is 0 Å². The van der Waals surface area contributed by atoms with Gasteiger partial charge in [-0.3, -0.25) is 0 Å². The molecule has 0 spiro atoms. The topological polar surface area (TPSA) is 68.1 Å². The molecule has 20 rings (SSSR count). The van der Waals surface area contributed by atoms with E-state index in [2.05, 4.69) is 317 Å². The van der Waals surface area contributed by atoms with E-state index < -0.39 is 6.85 Å². The molecule has 8 nitrogen and oxygen atoms in total. The molecule has 20 aromatic rings. The zero-order valence-electron chi connectivity index (χ0n) is 62.4. The molecule has 498 valence electrons. The van der Waals surface area contributed by atoms with E-state index in [1.807, 2.05) is 32.2 Å². The summed E-state index contributed by atoms with van der Waals surface area (Å²) in [7, 11) is 8.30. The highest BCUT2D eigenvalue weighted by molar-refractivity contribution is 6.22. The molecule has 0 atom stereocenters. The fraction of sp³-hybridized carbons (Fsp3) is 0.116. The second-order valence-corrected chi connectivity index (χ2v) is 27.7. The van der Waals surface area contributed by atoms with Crippen molar-refractivity contribution in [3.8, 4) is 45.0 Å². The number of nitrogens with zero attached hydrogens (tertiary/aromatic N) is 4. The van der Waals surface area contributed by atoms with Crippen molar-refractivity contribution in [3.63, 3.8) is 0 Å². The number of fused-ring (bicyclic) bond motifs is 20. The van der Waals surface area contributed by atoms with Crippen LogP contribution in [0.3, 0.4) is 0 Å². The van der Waals surface area contributed by atoms with Gasteiger partial charge in [-0.25, -0.2) is 13.7 Å². The molecule has 0 N–H and O–H groups in total. The van der Waals surface area contributed by atoms with Gasteiger partial charge in [-0.2, -0.15) is 4.57 Å². The molecule has 8 heteroatoms. The van der Waals surface area contributed by atoms with E-state index in [1.54, 1.807) is 12.1 Å². The van der Waals surface area contributed by atoms with E-state index in [0.29, 0.717) is 5.56 Å². The van der Waals surface area contributed by atoms with Crippen molar-refractivity contribution in [1.29, 1.82) is 0 Å². The predicted octanol–water partition coefficient (Wildman–Crippen LogP) is 23.1. The lowest BCUT2D eigenvalue weighted by Crippen LogP contribution is -2.30. The summed E-state index contributed by atoms with van der Waals surface area (Å²) in [5.41, 5.74) is 24.1. The molecule has 8 aromatic heterocycles. The molecule has 0 aliphatic rings. The zero-order chi connectivity index (χ0) is 73.0. The summed E-state index contributed by atoms with van der Waals surface area (Å²) < 4.78 is 56.4. The summed E-state index contributed by atoms with van der Waals surface area (Å²) in [6, 6.07) is 86.2. The van der Waals surface area contributed by atoms with Gasteiger partial charge in [0.2, 0.25) is 29.0 Å². The number of furan rings is 4. The SMILES string of the molecule is Cc1ccc2c(ccc3oc4cc(-c5ccccc5C)[n+](C)cc4c32)c1.Cc1ccccc1-c1cc2c(c[n+]1C)oc1ccc3ccccc3c12.Cc1ccccc1-c1cc2oc3ccc4ccccc4c3c2c[n+]1C.[2H]C([2H])([2H])c1ccc(-c2cc3oc4ccc5cc(C)ccc5c4c3c[n+]2C)c(C)c1. The summed E-state index contributed by atoms with van der Waals surface area (Å²) in [6.45, 7) is 10.5. The number of hydrogen-bond acceptors (Lipinski definition) is 4. The number of pyridine rings is 4. The van der Waals surface area contributed by atoms with Crippen LogP contribution in [0.1, 0.15) is 43.1 Å². The van der Waals surface area contributed by atoms with Crippen LogP contribution in [0.2, 0.25) is 0 Å². The van der Waals surface area contributed by atoms with E-state index in [0.717, 1.165) is 94.4 Å². The van der Waals surface area contributed by atoms with Crippen LogP contribution < -0.4 is 18.3 Å². The Morgan fingerprint density at radius 3 is 0.971 bits per heavy atom. The number of aromatic nitrogens is 4. The van der Waals surface area contributed by atoms with E-state index in [9.17, 15) is 0 Å². The van der Waals surface area contributed by atoms with Crippen molar-refractivity contribution in [2.75, 3.05) is 0 Å². The van der Waals surface area contributed by atoms with Gasteiger partial charge in [0.25, 0.3) is 0 Å². The Morgan fingerprint density at radius 2 is 0.563 bits per heavy atom. The second kappa shape index (κ2) is 25.6. The molecular weight excluding hydrogens is 1260 g/mol. The van der Waals surface area contributed by atoms with Crippen LogP contribution in [-0.2, 0) is 28.2 Å². The standard InChI is InChI=1S/C25H22NO.C24H20NO.2C23H18NO/c1-15-5-8-19(17(3)11-15)22-13-24-21(14-26(22)4)25-20-9-6-16(2)12-18(20)7-10-23(25)27-24;1-15-8-10-19-17(12-15)9-11-22-24(19)20-14-25(3)21(13-23(20)26-22)18-7-5-4-6-16(18)2;1-15-7-3-5-9-17(15)20-13-22-19(14-24(20)2)23-18-10-6-4-8-16(18)11-12-21(23)25-22;1-15-7-3-5-9-17(15)20-13-19-22(14-24(20)2)25-21-12-11-16-8-4-6-10-18(16)23(19)21/h5-14H,1-4H3;4-14H,1-3H3;2*3-14H,1-2H3/q4*+1/i1D3;;;. The smallest absolute Gasteiger partial charge is 0.216 e. The molecule has 0 saturated heterocycles. The van der Waals surface area contributed by atoms with E-state index in [4.69, 9.17) is 21.8 Å². The van der Waals surface area contributed by atoms with Gasteiger partial charge in [0.15, 0.2) is 24.2 Å². The van der Waals surface area contributed by atoms with Crippen molar-refractivity contribution in [2.45, 2.75) is 48.4 Å². The van der Waals surface area contributed by atoms with Gasteiger partial charge in [0.05, 0.1) is 34.4 Å². The third-order valence-electron chi connectivity index (χ3n) is 20.7. The highest BCUT2D eigenvalue weighted by Crippen LogP contribution is 2.41. The maximum absolute atomic E-state index is 7.65. The van der Waals surface area contributed by atoms with Gasteiger partial charge in [-0.1, -0.05) is 193 Å². The Hall–Kier alpha value is -12.5. The molecule has 0 bridgehead atoms. The highest BCUT2D eigenvalue weighted by Gasteiger charge is 2.25. The molecule has 0 aliphatic carbocycles. The third kappa shape index (κ3) is 11.4. The summed E-state index contributed by atoms with van der Waals surface area (Å²) in [5, 5.41) is 19.1. The Bertz CT molecular complexity index is 6970. The minimum Gasteiger partial charge on any atom is -0.456 e. The van der Waals surface area contributed by atoms with Crippen molar-refractivity contribution < 1.29 is 40.0 Å². The van der Waals surface area contributed by atoms with Crippen LogP contribution in [0.15, 0.2) is 291 Å². The van der Waals surface area contributed by atoms with Crippen molar-refractivity contribution in [2.24, 2.45) is 28.2 Å². The second-order valence-electron chi connectivity index (χ2n) is 27.7. The first-order valence-corrected chi connectivity index (χ1v) is 35.1. The van der Waals surface area contributed by atoms with Crippen molar-refractivity contribution in [1.82, 2.24) is 0 Å². The molecule has 0 unspecified atom stereocenters. The molecule has 8 heterocycles. The van der Waals surface area contributed by atoms with Crippen molar-refractivity contribution >= 4 is 131 Å². The summed E-state index contributed by atoms with van der Waals surface area (Å²) in [5.74, 6) is 0. The van der Waals surface area contributed by atoms with Crippen LogP contribution in [0.25, 0.3) is 176 Å². The fourth-order valence-corrected chi connectivity index (χ4v) is 15.5. The van der Waals surface area contributed by atoms with Crippen LogP contribution >= 0.6 is 0 Å². The first kappa shape index (κ1) is 60.4. The van der Waals surface area contributed by atoms with Crippen molar-refractivity contribution in [3.05, 3.63) is 312 Å². The average Bonchev–Trinajstić information content (AvgIpc) is 1.62. The normalized spacial score (nSPS) is 12.2. The Kier molecular flexibility index (Phi) is 15.0. The van der Waals surface area contributed by atoms with E-state index >= 15 is 0 Å². The molecule has 0 radical (unpaired) electrons. The maximum Gasteiger partial charge on any atom is 0.216 e. The van der Waals surface area contributed by atoms with Crippen LogP contribution in [0.4, 0.5) is 0 Å². The molecule has 0 fully saturated rings. The van der Waals surface area contributed by atoms with Gasteiger partial charge < -0.3 is 17.7 Å². The summed E-state index contributed by atoms with van der Waals surface area (Å²) in [4.78, 5) is 0. The first-order valence-electron chi connectivity index (χ1n) is 36.6. The van der Waals surface area contributed by atoms with Gasteiger partial charge in [0, 0.05) is 59.4 Å². The first-order chi connectivity index (χ1) is 51.3.